The number of carbonyl (C=O) groups is 1. The lowest BCUT2D eigenvalue weighted by Gasteiger charge is -2.23. The average molecular weight is 499 g/mol. The van der Waals surface area contributed by atoms with E-state index in [-0.39, 0.29) is 18.5 Å². The molecule has 1 N–H and O–H groups in total. The standard InChI is InChI=1S/C30H30N2O3S/c1-22-10-9-14-27(20-22)32(36(3,34)35)21-24-16-18-26(19-17-24)30(33)31-29(25-12-5-4-6-13-25)28-15-8-7-11-23(28)2/h4-20,29H,21H2,1-3H3,(H,31,33)/t29-/m0/s1. The van der Waals surface area contributed by atoms with E-state index >= 15 is 0 Å². The van der Waals surface area contributed by atoms with E-state index in [4.69, 9.17) is 0 Å². The van der Waals surface area contributed by atoms with E-state index in [1.54, 1.807) is 30.3 Å². The van der Waals surface area contributed by atoms with Crippen molar-refractivity contribution in [2.45, 2.75) is 26.4 Å². The zero-order valence-corrected chi connectivity index (χ0v) is 21.5. The second-order valence-corrected chi connectivity index (χ2v) is 10.9. The molecule has 4 aromatic carbocycles. The first kappa shape index (κ1) is 25.2. The molecular weight excluding hydrogens is 468 g/mol. The van der Waals surface area contributed by atoms with Gasteiger partial charge in [0.25, 0.3) is 5.91 Å². The molecule has 6 heteroatoms. The predicted molar refractivity (Wildman–Crippen MR) is 146 cm³/mol. The van der Waals surface area contributed by atoms with E-state index in [0.717, 1.165) is 27.8 Å². The summed E-state index contributed by atoms with van der Waals surface area (Å²) in [5, 5.41) is 3.18. The predicted octanol–water partition coefficient (Wildman–Crippen LogP) is 5.79. The molecule has 36 heavy (non-hydrogen) atoms. The Morgan fingerprint density at radius 1 is 0.833 bits per heavy atom. The third kappa shape index (κ3) is 6.01. The minimum Gasteiger partial charge on any atom is -0.341 e. The monoisotopic (exact) mass is 498 g/mol. The maximum absolute atomic E-state index is 13.2. The molecule has 184 valence electrons. The van der Waals surface area contributed by atoms with Crippen LogP contribution >= 0.6 is 0 Å². The highest BCUT2D eigenvalue weighted by atomic mass is 32.2. The molecular formula is C30H30N2O3S. The maximum atomic E-state index is 13.2. The number of hydrogen-bond donors (Lipinski definition) is 1. The molecule has 0 aliphatic heterocycles. The highest BCUT2D eigenvalue weighted by Gasteiger charge is 2.21. The summed E-state index contributed by atoms with van der Waals surface area (Å²) in [5.41, 5.74) is 6.03. The number of rotatable bonds is 8. The Labute approximate surface area is 213 Å². The summed E-state index contributed by atoms with van der Waals surface area (Å²) in [6.45, 7) is 4.14. The molecule has 0 aromatic heterocycles. The van der Waals surface area contributed by atoms with Crippen molar-refractivity contribution in [1.82, 2.24) is 5.32 Å². The Hall–Kier alpha value is -3.90. The van der Waals surface area contributed by atoms with Crippen LogP contribution in [0.3, 0.4) is 0 Å². The van der Waals surface area contributed by atoms with Crippen LogP contribution in [-0.2, 0) is 16.6 Å². The van der Waals surface area contributed by atoms with Gasteiger partial charge in [-0.25, -0.2) is 8.42 Å². The molecule has 0 fully saturated rings. The first-order valence-corrected chi connectivity index (χ1v) is 13.6. The summed E-state index contributed by atoms with van der Waals surface area (Å²) >= 11 is 0. The quantitative estimate of drug-likeness (QED) is 0.334. The third-order valence-electron chi connectivity index (χ3n) is 6.14. The van der Waals surface area contributed by atoms with Gasteiger partial charge in [-0.3, -0.25) is 9.10 Å². The highest BCUT2D eigenvalue weighted by Crippen LogP contribution is 2.26. The smallest absolute Gasteiger partial charge is 0.252 e. The van der Waals surface area contributed by atoms with Crippen molar-refractivity contribution < 1.29 is 13.2 Å². The van der Waals surface area contributed by atoms with E-state index in [1.807, 2.05) is 86.6 Å². The van der Waals surface area contributed by atoms with Crippen molar-refractivity contribution >= 4 is 21.6 Å². The van der Waals surface area contributed by atoms with Gasteiger partial charge in [-0.15, -0.1) is 0 Å². The van der Waals surface area contributed by atoms with Gasteiger partial charge < -0.3 is 5.32 Å². The number of anilines is 1. The molecule has 4 rings (SSSR count). The minimum atomic E-state index is -3.49. The average Bonchev–Trinajstić information content (AvgIpc) is 2.86. The molecule has 0 spiro atoms. The van der Waals surface area contributed by atoms with E-state index in [9.17, 15) is 13.2 Å². The van der Waals surface area contributed by atoms with Crippen LogP contribution in [0, 0.1) is 13.8 Å². The molecule has 4 aromatic rings. The largest absolute Gasteiger partial charge is 0.341 e. The molecule has 5 nitrogen and oxygen atoms in total. The fraction of sp³-hybridized carbons (Fsp3) is 0.167. The van der Waals surface area contributed by atoms with E-state index < -0.39 is 10.0 Å². The van der Waals surface area contributed by atoms with Gasteiger partial charge in [-0.1, -0.05) is 78.9 Å². The molecule has 0 radical (unpaired) electrons. The van der Waals surface area contributed by atoms with Crippen LogP contribution in [0.1, 0.15) is 44.2 Å². The number of sulfonamides is 1. The van der Waals surface area contributed by atoms with Gasteiger partial charge in [-0.05, 0) is 65.9 Å². The number of nitrogens with zero attached hydrogens (tertiary/aromatic N) is 1. The fourth-order valence-corrected chi connectivity index (χ4v) is 5.10. The first-order chi connectivity index (χ1) is 17.2. The third-order valence-corrected chi connectivity index (χ3v) is 7.28. The molecule has 0 saturated heterocycles. The van der Waals surface area contributed by atoms with Crippen molar-refractivity contribution in [3.8, 4) is 0 Å². The second-order valence-electron chi connectivity index (χ2n) is 8.98. The molecule has 0 saturated carbocycles. The summed E-state index contributed by atoms with van der Waals surface area (Å²) in [6, 6.07) is 32.1. The van der Waals surface area contributed by atoms with Crippen molar-refractivity contribution in [2.75, 3.05) is 10.6 Å². The number of carbonyl (C=O) groups excluding carboxylic acids is 1. The van der Waals surface area contributed by atoms with Crippen LogP contribution < -0.4 is 9.62 Å². The fourth-order valence-electron chi connectivity index (χ4n) is 4.22. The number of benzene rings is 4. The van der Waals surface area contributed by atoms with E-state index in [0.29, 0.717) is 11.3 Å². The lowest BCUT2D eigenvalue weighted by atomic mass is 9.94. The lowest BCUT2D eigenvalue weighted by molar-refractivity contribution is 0.0943. The first-order valence-electron chi connectivity index (χ1n) is 11.8. The van der Waals surface area contributed by atoms with Gasteiger partial charge >= 0.3 is 0 Å². The van der Waals surface area contributed by atoms with Crippen molar-refractivity contribution in [3.63, 3.8) is 0 Å². The molecule has 0 heterocycles. The summed E-state index contributed by atoms with van der Waals surface area (Å²) in [6.07, 6.45) is 1.20. The van der Waals surface area contributed by atoms with Crippen LogP contribution in [0.4, 0.5) is 5.69 Å². The van der Waals surface area contributed by atoms with Crippen LogP contribution in [0.2, 0.25) is 0 Å². The summed E-state index contributed by atoms with van der Waals surface area (Å²) < 4.78 is 26.4. The topological polar surface area (TPSA) is 66.5 Å². The van der Waals surface area contributed by atoms with Gasteiger partial charge in [0.15, 0.2) is 0 Å². The normalized spacial score (nSPS) is 12.1. The summed E-state index contributed by atoms with van der Waals surface area (Å²) in [5.74, 6) is -0.197. The lowest BCUT2D eigenvalue weighted by Crippen LogP contribution is -2.30. The van der Waals surface area contributed by atoms with Gasteiger partial charge in [0.2, 0.25) is 10.0 Å². The van der Waals surface area contributed by atoms with Gasteiger partial charge in [0.05, 0.1) is 24.5 Å². The molecule has 0 aliphatic rings. The van der Waals surface area contributed by atoms with Crippen LogP contribution in [-0.4, -0.2) is 20.6 Å². The summed E-state index contributed by atoms with van der Waals surface area (Å²) in [7, 11) is -3.49. The Morgan fingerprint density at radius 2 is 1.50 bits per heavy atom. The number of hydrogen-bond acceptors (Lipinski definition) is 3. The molecule has 0 unspecified atom stereocenters. The van der Waals surface area contributed by atoms with Crippen LogP contribution in [0.15, 0.2) is 103 Å². The van der Waals surface area contributed by atoms with Crippen molar-refractivity contribution in [2.24, 2.45) is 0 Å². The van der Waals surface area contributed by atoms with Crippen LogP contribution in [0.25, 0.3) is 0 Å². The van der Waals surface area contributed by atoms with Gasteiger partial charge in [0, 0.05) is 5.56 Å². The molecule has 0 bridgehead atoms. The molecule has 1 atom stereocenters. The molecule has 1 amide bonds. The van der Waals surface area contributed by atoms with E-state index in [1.165, 1.54) is 10.6 Å². The van der Waals surface area contributed by atoms with Crippen LogP contribution in [0.5, 0.6) is 0 Å². The number of aryl methyl sites for hydroxylation is 2. The Balaban J connectivity index is 1.56. The Morgan fingerprint density at radius 3 is 2.14 bits per heavy atom. The van der Waals surface area contributed by atoms with Gasteiger partial charge in [-0.2, -0.15) is 0 Å². The Bertz CT molecular complexity index is 1450. The number of amides is 1. The van der Waals surface area contributed by atoms with Gasteiger partial charge in [0.1, 0.15) is 0 Å². The van der Waals surface area contributed by atoms with Crippen molar-refractivity contribution in [1.29, 1.82) is 0 Å². The highest BCUT2D eigenvalue weighted by molar-refractivity contribution is 7.92. The van der Waals surface area contributed by atoms with E-state index in [2.05, 4.69) is 5.32 Å². The molecule has 0 aliphatic carbocycles. The van der Waals surface area contributed by atoms with Crippen molar-refractivity contribution in [3.05, 3.63) is 137 Å². The maximum Gasteiger partial charge on any atom is 0.252 e. The zero-order valence-electron chi connectivity index (χ0n) is 20.7. The Kier molecular flexibility index (Phi) is 7.55. The second kappa shape index (κ2) is 10.8. The zero-order chi connectivity index (χ0) is 25.7. The summed E-state index contributed by atoms with van der Waals surface area (Å²) in [4.78, 5) is 13.2. The number of nitrogens with one attached hydrogen (secondary N) is 1. The minimum absolute atomic E-state index is 0.181. The SMILES string of the molecule is Cc1cccc(N(Cc2ccc(C(=O)N[C@@H](c3ccccc3)c3ccccc3C)cc2)S(C)(=O)=O)c1.